The summed E-state index contributed by atoms with van der Waals surface area (Å²) in [6.07, 6.45) is 3.22. The minimum Gasteiger partial charge on any atom is -0.356 e. The number of likely N-dealkylation sites (N-methyl/N-ethyl adjacent to an activating group) is 1. The standard InChI is InChI=1S/C18H27ClN4O/c1-4-11-20-17(21-12-16(24)23(2)3)22-13-18(9-10-18)14-7-5-6-8-15(14)19/h5-8H,4,9-13H2,1-3H3,(H2,20,21,22). The summed E-state index contributed by atoms with van der Waals surface area (Å²) in [5.41, 5.74) is 1.27. The molecule has 1 saturated carbocycles. The van der Waals surface area contributed by atoms with Gasteiger partial charge in [0.15, 0.2) is 5.96 Å². The molecule has 0 spiro atoms. The third kappa shape index (κ3) is 4.87. The highest BCUT2D eigenvalue weighted by atomic mass is 35.5. The van der Waals surface area contributed by atoms with E-state index in [1.54, 1.807) is 19.0 Å². The zero-order valence-corrected chi connectivity index (χ0v) is 15.5. The van der Waals surface area contributed by atoms with Crippen LogP contribution in [0, 0.1) is 0 Å². The fourth-order valence-corrected chi connectivity index (χ4v) is 2.88. The highest BCUT2D eigenvalue weighted by Gasteiger charge is 2.45. The molecule has 0 saturated heterocycles. The summed E-state index contributed by atoms with van der Waals surface area (Å²) in [6, 6.07) is 8.03. The molecule has 24 heavy (non-hydrogen) atoms. The SMILES string of the molecule is CCCNC(=NCC(=O)N(C)C)NCC1(c2ccccc2Cl)CC1. The van der Waals surface area contributed by atoms with Gasteiger partial charge in [-0.3, -0.25) is 4.79 Å². The van der Waals surface area contributed by atoms with E-state index in [9.17, 15) is 4.79 Å². The molecule has 0 aliphatic heterocycles. The van der Waals surface area contributed by atoms with E-state index in [1.165, 1.54) is 5.56 Å². The van der Waals surface area contributed by atoms with E-state index in [0.717, 1.165) is 37.4 Å². The van der Waals surface area contributed by atoms with Gasteiger partial charge in [-0.25, -0.2) is 4.99 Å². The third-order valence-corrected chi connectivity index (χ3v) is 4.64. The highest BCUT2D eigenvalue weighted by molar-refractivity contribution is 6.31. The van der Waals surface area contributed by atoms with Gasteiger partial charge in [0.2, 0.25) is 5.91 Å². The maximum absolute atomic E-state index is 11.7. The fourth-order valence-electron chi connectivity index (χ4n) is 2.54. The number of halogens is 1. The van der Waals surface area contributed by atoms with E-state index in [1.807, 2.05) is 18.2 Å². The Morgan fingerprint density at radius 1 is 1.29 bits per heavy atom. The Labute approximate surface area is 149 Å². The number of carbonyl (C=O) groups excluding carboxylic acids is 1. The molecule has 1 aromatic rings. The van der Waals surface area contributed by atoms with Crippen LogP contribution >= 0.6 is 11.6 Å². The molecule has 1 aliphatic rings. The molecule has 2 N–H and O–H groups in total. The molecule has 2 rings (SSSR count). The molecule has 0 aromatic heterocycles. The van der Waals surface area contributed by atoms with Crippen molar-refractivity contribution in [2.45, 2.75) is 31.6 Å². The van der Waals surface area contributed by atoms with Crippen LogP contribution in [0.25, 0.3) is 0 Å². The van der Waals surface area contributed by atoms with Gasteiger partial charge in [0.1, 0.15) is 6.54 Å². The molecule has 1 aromatic carbocycles. The van der Waals surface area contributed by atoms with Gasteiger partial charge >= 0.3 is 0 Å². The van der Waals surface area contributed by atoms with Gasteiger partial charge in [0.05, 0.1) is 0 Å². The van der Waals surface area contributed by atoms with E-state index in [0.29, 0.717) is 5.96 Å². The van der Waals surface area contributed by atoms with Crippen LogP contribution in [0.15, 0.2) is 29.3 Å². The molecular formula is C18H27ClN4O. The van der Waals surface area contributed by atoms with Crippen molar-refractivity contribution in [2.24, 2.45) is 4.99 Å². The number of hydrogen-bond donors (Lipinski definition) is 2. The molecule has 1 amide bonds. The van der Waals surface area contributed by atoms with Crippen LogP contribution < -0.4 is 10.6 Å². The lowest BCUT2D eigenvalue weighted by atomic mass is 9.96. The predicted molar refractivity (Wildman–Crippen MR) is 99.7 cm³/mol. The number of amides is 1. The number of hydrogen-bond acceptors (Lipinski definition) is 2. The largest absolute Gasteiger partial charge is 0.356 e. The van der Waals surface area contributed by atoms with Crippen LogP contribution in [-0.4, -0.2) is 50.5 Å². The predicted octanol–water partition coefficient (Wildman–Crippen LogP) is 2.41. The van der Waals surface area contributed by atoms with Crippen molar-refractivity contribution < 1.29 is 4.79 Å². The van der Waals surface area contributed by atoms with Crippen molar-refractivity contribution in [3.8, 4) is 0 Å². The summed E-state index contributed by atoms with van der Waals surface area (Å²) in [5, 5.41) is 7.47. The Morgan fingerprint density at radius 3 is 2.58 bits per heavy atom. The number of nitrogens with one attached hydrogen (secondary N) is 2. The second kappa shape index (κ2) is 8.38. The number of aliphatic imine (C=N–C) groups is 1. The Bertz CT molecular complexity index is 596. The minimum absolute atomic E-state index is 0.0140. The minimum atomic E-state index is -0.0140. The number of rotatable bonds is 7. The van der Waals surface area contributed by atoms with Crippen LogP contribution in [0.1, 0.15) is 31.7 Å². The summed E-state index contributed by atoms with van der Waals surface area (Å²) < 4.78 is 0. The molecule has 0 heterocycles. The molecule has 0 unspecified atom stereocenters. The van der Waals surface area contributed by atoms with Crippen molar-refractivity contribution in [1.29, 1.82) is 0 Å². The zero-order valence-electron chi connectivity index (χ0n) is 14.7. The Morgan fingerprint density at radius 2 is 2.00 bits per heavy atom. The fraction of sp³-hybridized carbons (Fsp3) is 0.556. The van der Waals surface area contributed by atoms with Gasteiger partial charge in [-0.05, 0) is 30.9 Å². The second-order valence-corrected chi connectivity index (χ2v) is 6.90. The van der Waals surface area contributed by atoms with Crippen LogP contribution in [0.2, 0.25) is 5.02 Å². The van der Waals surface area contributed by atoms with Crippen molar-refractivity contribution in [2.75, 3.05) is 33.7 Å². The van der Waals surface area contributed by atoms with E-state index < -0.39 is 0 Å². The normalized spacial score (nSPS) is 15.8. The molecule has 0 atom stereocenters. The molecular weight excluding hydrogens is 324 g/mol. The van der Waals surface area contributed by atoms with Crippen molar-refractivity contribution in [1.82, 2.24) is 15.5 Å². The van der Waals surface area contributed by atoms with Crippen molar-refractivity contribution >= 4 is 23.5 Å². The smallest absolute Gasteiger partial charge is 0.243 e. The topological polar surface area (TPSA) is 56.7 Å². The summed E-state index contributed by atoms with van der Waals surface area (Å²) in [4.78, 5) is 17.7. The molecule has 5 nitrogen and oxygen atoms in total. The molecule has 132 valence electrons. The first-order valence-electron chi connectivity index (χ1n) is 8.46. The lowest BCUT2D eigenvalue weighted by Gasteiger charge is -2.20. The summed E-state index contributed by atoms with van der Waals surface area (Å²) in [6.45, 7) is 3.83. The van der Waals surface area contributed by atoms with Gasteiger partial charge < -0.3 is 15.5 Å². The molecule has 6 heteroatoms. The van der Waals surface area contributed by atoms with Crippen LogP contribution in [-0.2, 0) is 10.2 Å². The molecule has 1 aliphatic carbocycles. The maximum Gasteiger partial charge on any atom is 0.243 e. The van der Waals surface area contributed by atoms with Gasteiger partial charge in [0.25, 0.3) is 0 Å². The van der Waals surface area contributed by atoms with E-state index in [2.05, 4.69) is 28.6 Å². The zero-order chi connectivity index (χ0) is 17.6. The first kappa shape index (κ1) is 18.6. The molecule has 1 fully saturated rings. The lowest BCUT2D eigenvalue weighted by molar-refractivity contribution is -0.127. The molecule has 0 radical (unpaired) electrons. The average Bonchev–Trinajstić information content (AvgIpc) is 3.35. The van der Waals surface area contributed by atoms with Gasteiger partial charge in [0, 0.05) is 37.6 Å². The average molecular weight is 351 g/mol. The van der Waals surface area contributed by atoms with Gasteiger partial charge in [-0.15, -0.1) is 0 Å². The monoisotopic (exact) mass is 350 g/mol. The number of nitrogens with zero attached hydrogens (tertiary/aromatic N) is 2. The van der Waals surface area contributed by atoms with Crippen molar-refractivity contribution in [3.05, 3.63) is 34.9 Å². The first-order chi connectivity index (χ1) is 11.5. The summed E-state index contributed by atoms with van der Waals surface area (Å²) in [7, 11) is 3.47. The van der Waals surface area contributed by atoms with E-state index >= 15 is 0 Å². The number of guanidine groups is 1. The Balaban J connectivity index is 2.01. The van der Waals surface area contributed by atoms with Gasteiger partial charge in [-0.2, -0.15) is 0 Å². The maximum atomic E-state index is 11.7. The lowest BCUT2D eigenvalue weighted by Crippen LogP contribution is -2.42. The highest BCUT2D eigenvalue weighted by Crippen LogP contribution is 2.49. The third-order valence-electron chi connectivity index (χ3n) is 4.31. The van der Waals surface area contributed by atoms with E-state index in [-0.39, 0.29) is 17.9 Å². The van der Waals surface area contributed by atoms with E-state index in [4.69, 9.17) is 11.6 Å². The van der Waals surface area contributed by atoms with Crippen LogP contribution in [0.5, 0.6) is 0 Å². The Kier molecular flexibility index (Phi) is 6.49. The quantitative estimate of drug-likeness (QED) is 0.586. The number of benzene rings is 1. The first-order valence-corrected chi connectivity index (χ1v) is 8.83. The van der Waals surface area contributed by atoms with Crippen LogP contribution in [0.4, 0.5) is 0 Å². The van der Waals surface area contributed by atoms with Crippen molar-refractivity contribution in [3.63, 3.8) is 0 Å². The summed E-state index contributed by atoms with van der Waals surface area (Å²) >= 11 is 6.36. The molecule has 0 bridgehead atoms. The van der Waals surface area contributed by atoms with Crippen LogP contribution in [0.3, 0.4) is 0 Å². The van der Waals surface area contributed by atoms with Gasteiger partial charge in [-0.1, -0.05) is 36.7 Å². The summed E-state index contributed by atoms with van der Waals surface area (Å²) in [5.74, 6) is 0.671. The Hall–Kier alpha value is -1.75. The number of carbonyl (C=O) groups is 1. The second-order valence-electron chi connectivity index (χ2n) is 6.49.